The minimum absolute atomic E-state index is 0.156. The SMILES string of the molecule is Cc1ccc(NC(=O)C#Cc2ccccc2)cc1C(=O)O. The molecule has 0 aliphatic rings. The molecule has 0 bridgehead atoms. The number of carbonyl (C=O) groups is 2. The van der Waals surface area contributed by atoms with Crippen molar-refractivity contribution in [2.75, 3.05) is 5.32 Å². The largest absolute Gasteiger partial charge is 0.478 e. The molecular weight excluding hydrogens is 266 g/mol. The third-order valence-electron chi connectivity index (χ3n) is 2.82. The Labute approximate surface area is 122 Å². The highest BCUT2D eigenvalue weighted by atomic mass is 16.4. The molecule has 4 heteroatoms. The van der Waals surface area contributed by atoms with Crippen LogP contribution in [0.4, 0.5) is 5.69 Å². The van der Waals surface area contributed by atoms with Crippen LogP contribution >= 0.6 is 0 Å². The molecular formula is C17H13NO3. The number of carboxylic acids is 1. The Balaban J connectivity index is 2.12. The summed E-state index contributed by atoms with van der Waals surface area (Å²) in [6, 6.07) is 13.8. The van der Waals surface area contributed by atoms with E-state index in [9.17, 15) is 9.59 Å². The topological polar surface area (TPSA) is 66.4 Å². The fourth-order valence-corrected chi connectivity index (χ4v) is 1.74. The number of benzene rings is 2. The maximum atomic E-state index is 11.7. The predicted octanol–water partition coefficient (Wildman–Crippen LogP) is 2.68. The third kappa shape index (κ3) is 3.95. The molecule has 2 aromatic carbocycles. The number of aromatic carboxylic acids is 1. The van der Waals surface area contributed by atoms with Gasteiger partial charge in [0, 0.05) is 17.2 Å². The molecule has 0 aromatic heterocycles. The summed E-state index contributed by atoms with van der Waals surface area (Å²) in [5.41, 5.74) is 1.94. The molecule has 0 radical (unpaired) electrons. The summed E-state index contributed by atoms with van der Waals surface area (Å²) in [5.74, 6) is 3.68. The Morgan fingerprint density at radius 1 is 1.10 bits per heavy atom. The Bertz CT molecular complexity index is 740. The zero-order chi connectivity index (χ0) is 15.2. The van der Waals surface area contributed by atoms with Gasteiger partial charge in [-0.3, -0.25) is 4.79 Å². The van der Waals surface area contributed by atoms with Crippen LogP contribution in [0, 0.1) is 18.8 Å². The van der Waals surface area contributed by atoms with Crippen LogP contribution in [0.5, 0.6) is 0 Å². The van der Waals surface area contributed by atoms with Crippen molar-refractivity contribution in [3.63, 3.8) is 0 Å². The molecule has 4 nitrogen and oxygen atoms in total. The number of anilines is 1. The Morgan fingerprint density at radius 2 is 1.81 bits per heavy atom. The minimum Gasteiger partial charge on any atom is -0.478 e. The summed E-state index contributed by atoms with van der Waals surface area (Å²) in [5, 5.41) is 11.6. The van der Waals surface area contributed by atoms with Gasteiger partial charge in [0.05, 0.1) is 5.56 Å². The Hall–Kier alpha value is -3.06. The lowest BCUT2D eigenvalue weighted by Crippen LogP contribution is -2.10. The number of aryl methyl sites for hydroxylation is 1. The summed E-state index contributed by atoms with van der Waals surface area (Å²) in [7, 11) is 0. The molecule has 0 fully saturated rings. The van der Waals surface area contributed by atoms with Gasteiger partial charge in [0.25, 0.3) is 0 Å². The van der Waals surface area contributed by atoms with E-state index in [4.69, 9.17) is 5.11 Å². The maximum Gasteiger partial charge on any atom is 0.336 e. The zero-order valence-corrected chi connectivity index (χ0v) is 11.4. The fraction of sp³-hybridized carbons (Fsp3) is 0.0588. The molecule has 104 valence electrons. The van der Waals surface area contributed by atoms with E-state index in [1.807, 2.05) is 18.2 Å². The van der Waals surface area contributed by atoms with Crippen molar-refractivity contribution in [1.82, 2.24) is 0 Å². The summed E-state index contributed by atoms with van der Waals surface area (Å²) in [6.45, 7) is 1.70. The van der Waals surface area contributed by atoms with Crippen molar-refractivity contribution in [2.45, 2.75) is 6.92 Å². The third-order valence-corrected chi connectivity index (χ3v) is 2.82. The van der Waals surface area contributed by atoms with Crippen LogP contribution in [0.15, 0.2) is 48.5 Å². The van der Waals surface area contributed by atoms with Gasteiger partial charge in [0.2, 0.25) is 0 Å². The molecule has 0 spiro atoms. The maximum absolute atomic E-state index is 11.7. The summed E-state index contributed by atoms with van der Waals surface area (Å²) in [4.78, 5) is 22.7. The summed E-state index contributed by atoms with van der Waals surface area (Å²) in [6.07, 6.45) is 0. The van der Waals surface area contributed by atoms with Crippen LogP contribution in [0.25, 0.3) is 0 Å². The van der Waals surface area contributed by atoms with Crippen LogP contribution in [0.1, 0.15) is 21.5 Å². The van der Waals surface area contributed by atoms with Gasteiger partial charge in [0.15, 0.2) is 0 Å². The van der Waals surface area contributed by atoms with Gasteiger partial charge in [-0.15, -0.1) is 0 Å². The van der Waals surface area contributed by atoms with Crippen molar-refractivity contribution < 1.29 is 14.7 Å². The molecule has 0 heterocycles. The average Bonchev–Trinajstić information content (AvgIpc) is 2.48. The lowest BCUT2D eigenvalue weighted by Gasteiger charge is -2.05. The first-order chi connectivity index (χ1) is 10.1. The molecule has 0 unspecified atom stereocenters. The molecule has 2 N–H and O–H groups in total. The van der Waals surface area contributed by atoms with Crippen LogP contribution in [0.3, 0.4) is 0 Å². The minimum atomic E-state index is -1.03. The number of hydrogen-bond acceptors (Lipinski definition) is 2. The van der Waals surface area contributed by atoms with E-state index < -0.39 is 11.9 Å². The van der Waals surface area contributed by atoms with E-state index in [2.05, 4.69) is 17.2 Å². The molecule has 0 aliphatic heterocycles. The average molecular weight is 279 g/mol. The van der Waals surface area contributed by atoms with Crippen molar-refractivity contribution in [2.24, 2.45) is 0 Å². The number of hydrogen-bond donors (Lipinski definition) is 2. The van der Waals surface area contributed by atoms with E-state index in [0.29, 0.717) is 11.3 Å². The lowest BCUT2D eigenvalue weighted by molar-refractivity contribution is -0.111. The highest BCUT2D eigenvalue weighted by Crippen LogP contribution is 2.15. The number of carboxylic acid groups (broad SMARTS) is 1. The van der Waals surface area contributed by atoms with Crippen LogP contribution in [0.2, 0.25) is 0 Å². The standard InChI is InChI=1S/C17H13NO3/c1-12-7-9-14(11-15(12)17(20)21)18-16(19)10-8-13-5-3-2-4-6-13/h2-7,9,11H,1H3,(H,18,19)(H,20,21). The Kier molecular flexibility index (Phi) is 4.37. The van der Waals surface area contributed by atoms with Gasteiger partial charge >= 0.3 is 11.9 Å². The first-order valence-corrected chi connectivity index (χ1v) is 6.28. The second-order valence-electron chi connectivity index (χ2n) is 4.41. The monoisotopic (exact) mass is 279 g/mol. The van der Waals surface area contributed by atoms with Crippen molar-refractivity contribution >= 4 is 17.6 Å². The number of amides is 1. The van der Waals surface area contributed by atoms with E-state index in [-0.39, 0.29) is 5.56 Å². The first-order valence-electron chi connectivity index (χ1n) is 6.28. The van der Waals surface area contributed by atoms with Gasteiger partial charge < -0.3 is 10.4 Å². The van der Waals surface area contributed by atoms with Crippen molar-refractivity contribution in [3.8, 4) is 11.8 Å². The van der Waals surface area contributed by atoms with Crippen LogP contribution < -0.4 is 5.32 Å². The first kappa shape index (κ1) is 14.4. The summed E-state index contributed by atoms with van der Waals surface area (Å²) < 4.78 is 0. The quantitative estimate of drug-likeness (QED) is 0.831. The van der Waals surface area contributed by atoms with E-state index >= 15 is 0 Å². The lowest BCUT2D eigenvalue weighted by atomic mass is 10.1. The van der Waals surface area contributed by atoms with Gasteiger partial charge in [0.1, 0.15) is 0 Å². The molecule has 0 saturated heterocycles. The highest BCUT2D eigenvalue weighted by Gasteiger charge is 2.08. The van der Waals surface area contributed by atoms with E-state index in [1.165, 1.54) is 6.07 Å². The molecule has 0 aliphatic carbocycles. The molecule has 2 rings (SSSR count). The Morgan fingerprint density at radius 3 is 2.48 bits per heavy atom. The van der Waals surface area contributed by atoms with Crippen molar-refractivity contribution in [3.05, 3.63) is 65.2 Å². The second kappa shape index (κ2) is 6.40. The van der Waals surface area contributed by atoms with Crippen LogP contribution in [-0.2, 0) is 4.79 Å². The van der Waals surface area contributed by atoms with Gasteiger partial charge in [-0.1, -0.05) is 30.2 Å². The number of nitrogens with one attached hydrogen (secondary N) is 1. The van der Waals surface area contributed by atoms with E-state index in [1.54, 1.807) is 31.2 Å². The van der Waals surface area contributed by atoms with Gasteiger partial charge in [-0.25, -0.2) is 4.79 Å². The molecule has 0 atom stereocenters. The second-order valence-corrected chi connectivity index (χ2v) is 4.41. The smallest absolute Gasteiger partial charge is 0.336 e. The molecule has 0 saturated carbocycles. The summed E-state index contributed by atoms with van der Waals surface area (Å²) >= 11 is 0. The van der Waals surface area contributed by atoms with Crippen molar-refractivity contribution in [1.29, 1.82) is 0 Å². The number of rotatable bonds is 2. The molecule has 1 amide bonds. The van der Waals surface area contributed by atoms with Gasteiger partial charge in [-0.05, 0) is 36.8 Å². The predicted molar refractivity (Wildman–Crippen MR) is 80.1 cm³/mol. The van der Waals surface area contributed by atoms with Crippen LogP contribution in [-0.4, -0.2) is 17.0 Å². The molecule has 21 heavy (non-hydrogen) atoms. The number of carbonyl (C=O) groups excluding carboxylic acids is 1. The normalized spacial score (nSPS) is 9.38. The fourth-order valence-electron chi connectivity index (χ4n) is 1.74. The van der Waals surface area contributed by atoms with E-state index in [0.717, 1.165) is 5.56 Å². The zero-order valence-electron chi connectivity index (χ0n) is 11.4. The molecule has 2 aromatic rings. The highest BCUT2D eigenvalue weighted by molar-refractivity contribution is 6.05. The van der Waals surface area contributed by atoms with Gasteiger partial charge in [-0.2, -0.15) is 0 Å².